The Hall–Kier alpha value is -1.26. The molecule has 1 atom stereocenters. The fourth-order valence-electron chi connectivity index (χ4n) is 2.29. The normalized spacial score (nSPS) is 19.1. The van der Waals surface area contributed by atoms with Crippen molar-refractivity contribution in [3.63, 3.8) is 0 Å². The molecule has 98 valence electrons. The Balaban J connectivity index is 2.28. The molecule has 1 fully saturated rings. The Morgan fingerprint density at radius 1 is 1.61 bits per heavy atom. The predicted octanol–water partition coefficient (Wildman–Crippen LogP) is 1.95. The van der Waals surface area contributed by atoms with Gasteiger partial charge in [0.25, 0.3) is 5.91 Å². The van der Waals surface area contributed by atoms with E-state index in [4.69, 9.17) is 16.3 Å². The lowest BCUT2D eigenvalue weighted by Crippen LogP contribution is -2.37. The molecule has 18 heavy (non-hydrogen) atoms. The fourth-order valence-corrected chi connectivity index (χ4v) is 2.45. The summed E-state index contributed by atoms with van der Waals surface area (Å²) in [5.41, 5.74) is 0.488. The molecule has 5 heteroatoms. The maximum atomic E-state index is 12.4. The number of halogens is 1. The smallest absolute Gasteiger partial charge is 0.257 e. The number of aliphatic hydroxyl groups excluding tert-OH is 1. The van der Waals surface area contributed by atoms with E-state index < -0.39 is 0 Å². The second-order valence-electron chi connectivity index (χ2n) is 4.32. The number of methoxy groups -OCH3 is 1. The van der Waals surface area contributed by atoms with Gasteiger partial charge in [-0.05, 0) is 31.0 Å². The van der Waals surface area contributed by atoms with Gasteiger partial charge in [0.2, 0.25) is 0 Å². The first kappa shape index (κ1) is 13.2. The van der Waals surface area contributed by atoms with Crippen LogP contribution in [0, 0.1) is 0 Å². The molecule has 1 N–H and O–H groups in total. The minimum atomic E-state index is -0.111. The van der Waals surface area contributed by atoms with Crippen molar-refractivity contribution >= 4 is 17.5 Å². The quantitative estimate of drug-likeness (QED) is 0.912. The van der Waals surface area contributed by atoms with E-state index in [1.54, 1.807) is 23.1 Å². The van der Waals surface area contributed by atoms with E-state index in [2.05, 4.69) is 0 Å². The number of carbonyl (C=O) groups is 1. The molecular weight excluding hydrogens is 254 g/mol. The predicted molar refractivity (Wildman–Crippen MR) is 69.1 cm³/mol. The Kier molecular flexibility index (Phi) is 4.09. The van der Waals surface area contributed by atoms with Crippen LogP contribution in [0.3, 0.4) is 0 Å². The fraction of sp³-hybridized carbons (Fsp3) is 0.462. The van der Waals surface area contributed by atoms with Gasteiger partial charge >= 0.3 is 0 Å². The molecule has 0 radical (unpaired) electrons. The van der Waals surface area contributed by atoms with Gasteiger partial charge < -0.3 is 14.7 Å². The van der Waals surface area contributed by atoms with Gasteiger partial charge in [-0.25, -0.2) is 0 Å². The maximum absolute atomic E-state index is 12.4. The van der Waals surface area contributed by atoms with Crippen molar-refractivity contribution in [2.45, 2.75) is 18.9 Å². The summed E-state index contributed by atoms with van der Waals surface area (Å²) in [6, 6.07) is 4.87. The van der Waals surface area contributed by atoms with Gasteiger partial charge in [-0.3, -0.25) is 4.79 Å². The lowest BCUT2D eigenvalue weighted by molar-refractivity contribution is 0.0674. The molecule has 1 aliphatic rings. The first-order valence-electron chi connectivity index (χ1n) is 5.92. The second kappa shape index (κ2) is 5.59. The lowest BCUT2D eigenvalue weighted by Gasteiger charge is -2.23. The van der Waals surface area contributed by atoms with Crippen molar-refractivity contribution < 1.29 is 14.6 Å². The zero-order valence-corrected chi connectivity index (χ0v) is 11.0. The average molecular weight is 270 g/mol. The third-order valence-electron chi connectivity index (χ3n) is 3.24. The highest BCUT2D eigenvalue weighted by atomic mass is 35.5. The number of carbonyl (C=O) groups excluding carboxylic acids is 1. The topological polar surface area (TPSA) is 49.8 Å². The highest BCUT2D eigenvalue weighted by molar-refractivity contribution is 6.30. The summed E-state index contributed by atoms with van der Waals surface area (Å²) in [5.74, 6) is 0.358. The van der Waals surface area contributed by atoms with Crippen molar-refractivity contribution in [1.29, 1.82) is 0 Å². The molecule has 1 aliphatic heterocycles. The summed E-state index contributed by atoms with van der Waals surface area (Å²) in [5, 5.41) is 9.79. The van der Waals surface area contributed by atoms with E-state index in [-0.39, 0.29) is 18.6 Å². The number of amides is 1. The van der Waals surface area contributed by atoms with Crippen molar-refractivity contribution in [2.75, 3.05) is 20.3 Å². The van der Waals surface area contributed by atoms with Crippen molar-refractivity contribution in [1.82, 2.24) is 4.90 Å². The van der Waals surface area contributed by atoms with Crippen LogP contribution >= 0.6 is 11.6 Å². The number of hydrogen-bond donors (Lipinski definition) is 1. The van der Waals surface area contributed by atoms with Crippen LogP contribution in [-0.4, -0.2) is 42.2 Å². The van der Waals surface area contributed by atoms with Gasteiger partial charge in [0.1, 0.15) is 5.75 Å². The Morgan fingerprint density at radius 3 is 3.06 bits per heavy atom. The first-order chi connectivity index (χ1) is 8.67. The van der Waals surface area contributed by atoms with Crippen LogP contribution in [0.15, 0.2) is 18.2 Å². The summed E-state index contributed by atoms with van der Waals surface area (Å²) >= 11 is 5.87. The van der Waals surface area contributed by atoms with Crippen LogP contribution < -0.4 is 4.74 Å². The van der Waals surface area contributed by atoms with Crippen molar-refractivity contribution in [2.24, 2.45) is 0 Å². The first-order valence-corrected chi connectivity index (χ1v) is 6.30. The monoisotopic (exact) mass is 269 g/mol. The van der Waals surface area contributed by atoms with Crippen LogP contribution in [0.4, 0.5) is 0 Å². The Morgan fingerprint density at radius 2 is 2.39 bits per heavy atom. The van der Waals surface area contributed by atoms with E-state index in [0.717, 1.165) is 12.8 Å². The second-order valence-corrected chi connectivity index (χ2v) is 4.76. The molecule has 1 heterocycles. The van der Waals surface area contributed by atoms with Crippen LogP contribution in [0.25, 0.3) is 0 Å². The highest BCUT2D eigenvalue weighted by Gasteiger charge is 2.30. The van der Waals surface area contributed by atoms with Gasteiger partial charge in [-0.2, -0.15) is 0 Å². The molecule has 1 amide bonds. The summed E-state index contributed by atoms with van der Waals surface area (Å²) in [6.45, 7) is 0.678. The Bertz CT molecular complexity index is 450. The largest absolute Gasteiger partial charge is 0.496 e. The molecule has 0 unspecified atom stereocenters. The number of aliphatic hydroxyl groups is 1. The van der Waals surface area contributed by atoms with Crippen molar-refractivity contribution in [3.8, 4) is 5.75 Å². The number of ether oxygens (including phenoxy) is 1. The van der Waals surface area contributed by atoms with Gasteiger partial charge in [-0.15, -0.1) is 0 Å². The van der Waals surface area contributed by atoms with Crippen LogP contribution in [0.5, 0.6) is 5.75 Å². The third kappa shape index (κ3) is 2.44. The molecular formula is C13H16ClNO3. The van der Waals surface area contributed by atoms with Crippen molar-refractivity contribution in [3.05, 3.63) is 28.8 Å². The molecule has 0 aliphatic carbocycles. The number of likely N-dealkylation sites (tertiary alicyclic amines) is 1. The van der Waals surface area contributed by atoms with Gasteiger partial charge in [0, 0.05) is 11.6 Å². The number of hydrogen-bond acceptors (Lipinski definition) is 3. The molecule has 0 spiro atoms. The zero-order chi connectivity index (χ0) is 13.1. The molecule has 1 saturated heterocycles. The molecule has 1 aromatic rings. The maximum Gasteiger partial charge on any atom is 0.257 e. The standard InChI is InChI=1S/C13H16ClNO3/c1-18-12-7-9(14)4-5-11(12)13(17)15-6-2-3-10(15)8-16/h4-5,7,10,16H,2-3,6,8H2,1H3/t10-/m1/s1. The molecule has 0 aromatic heterocycles. The summed E-state index contributed by atoms with van der Waals surface area (Å²) in [4.78, 5) is 14.1. The molecule has 0 saturated carbocycles. The minimum absolute atomic E-state index is 0.00163. The van der Waals surface area contributed by atoms with Crippen LogP contribution in [0.2, 0.25) is 5.02 Å². The van der Waals surface area contributed by atoms with Crippen LogP contribution in [-0.2, 0) is 0 Å². The number of rotatable bonds is 3. The van der Waals surface area contributed by atoms with E-state index in [1.165, 1.54) is 7.11 Å². The van der Waals surface area contributed by atoms with E-state index in [0.29, 0.717) is 22.9 Å². The number of nitrogens with zero attached hydrogens (tertiary/aromatic N) is 1. The summed E-state index contributed by atoms with van der Waals surface area (Å²) in [6.07, 6.45) is 1.77. The summed E-state index contributed by atoms with van der Waals surface area (Å²) in [7, 11) is 1.51. The van der Waals surface area contributed by atoms with Gasteiger partial charge in [0.15, 0.2) is 0 Å². The van der Waals surface area contributed by atoms with Crippen LogP contribution in [0.1, 0.15) is 23.2 Å². The average Bonchev–Trinajstić information content (AvgIpc) is 2.86. The van der Waals surface area contributed by atoms with Gasteiger partial charge in [-0.1, -0.05) is 11.6 Å². The Labute approximate surface area is 111 Å². The molecule has 2 rings (SSSR count). The van der Waals surface area contributed by atoms with E-state index in [9.17, 15) is 9.90 Å². The van der Waals surface area contributed by atoms with E-state index in [1.807, 2.05) is 0 Å². The molecule has 1 aromatic carbocycles. The highest BCUT2D eigenvalue weighted by Crippen LogP contribution is 2.27. The minimum Gasteiger partial charge on any atom is -0.496 e. The van der Waals surface area contributed by atoms with E-state index >= 15 is 0 Å². The number of benzene rings is 1. The zero-order valence-electron chi connectivity index (χ0n) is 10.2. The van der Waals surface area contributed by atoms with Gasteiger partial charge in [0.05, 0.1) is 25.3 Å². The third-order valence-corrected chi connectivity index (χ3v) is 3.48. The lowest BCUT2D eigenvalue weighted by atomic mass is 10.1. The molecule has 4 nitrogen and oxygen atoms in total. The molecule has 0 bridgehead atoms. The SMILES string of the molecule is COc1cc(Cl)ccc1C(=O)N1CCC[C@@H]1CO. The summed E-state index contributed by atoms with van der Waals surface area (Å²) < 4.78 is 5.18.